The molecule has 1 aliphatic heterocycles. The van der Waals surface area contributed by atoms with Crippen molar-refractivity contribution in [2.75, 3.05) is 18.4 Å². The lowest BCUT2D eigenvalue weighted by Crippen LogP contribution is -2.44. The number of nitrogens with one attached hydrogen (secondary N) is 2. The predicted octanol–water partition coefficient (Wildman–Crippen LogP) is 2.28. The van der Waals surface area contributed by atoms with E-state index in [-0.39, 0.29) is 11.3 Å². The van der Waals surface area contributed by atoms with Crippen molar-refractivity contribution in [1.82, 2.24) is 5.32 Å². The molecule has 0 aromatic heterocycles. The summed E-state index contributed by atoms with van der Waals surface area (Å²) in [5, 5.41) is 15.0. The van der Waals surface area contributed by atoms with Gasteiger partial charge in [-0.15, -0.1) is 0 Å². The van der Waals surface area contributed by atoms with Crippen molar-refractivity contribution >= 4 is 11.6 Å². The van der Waals surface area contributed by atoms with Gasteiger partial charge in [-0.2, -0.15) is 5.26 Å². The van der Waals surface area contributed by atoms with Crippen LogP contribution in [0.25, 0.3) is 0 Å². The third-order valence-electron chi connectivity index (χ3n) is 3.99. The van der Waals surface area contributed by atoms with Gasteiger partial charge < -0.3 is 10.6 Å². The molecule has 0 atom stereocenters. The highest BCUT2D eigenvalue weighted by atomic mass is 16.2. The van der Waals surface area contributed by atoms with Gasteiger partial charge in [-0.25, -0.2) is 0 Å². The average molecular weight is 257 g/mol. The molecule has 1 aromatic rings. The first-order chi connectivity index (χ1) is 9.20. The number of carbonyl (C=O) groups excluding carboxylic acids is 1. The number of rotatable bonds is 3. The molecule has 0 spiro atoms. The van der Waals surface area contributed by atoms with Gasteiger partial charge in [-0.1, -0.05) is 6.92 Å². The van der Waals surface area contributed by atoms with E-state index in [1.54, 1.807) is 24.3 Å². The maximum absolute atomic E-state index is 12.5. The van der Waals surface area contributed by atoms with E-state index < -0.39 is 0 Å². The molecule has 1 fully saturated rings. The van der Waals surface area contributed by atoms with Crippen LogP contribution in [0, 0.1) is 16.7 Å². The van der Waals surface area contributed by atoms with Crippen LogP contribution in [0.4, 0.5) is 5.69 Å². The molecule has 1 aromatic carbocycles. The van der Waals surface area contributed by atoms with Crippen LogP contribution < -0.4 is 10.6 Å². The van der Waals surface area contributed by atoms with Gasteiger partial charge in [0.15, 0.2) is 0 Å². The lowest BCUT2D eigenvalue weighted by Gasteiger charge is -2.35. The molecule has 0 bridgehead atoms. The summed E-state index contributed by atoms with van der Waals surface area (Å²) in [5.74, 6) is 0.0983. The number of piperidine rings is 1. The monoisotopic (exact) mass is 257 g/mol. The van der Waals surface area contributed by atoms with Crippen molar-refractivity contribution < 1.29 is 4.79 Å². The second kappa shape index (κ2) is 5.85. The molecule has 2 rings (SSSR count). The zero-order valence-electron chi connectivity index (χ0n) is 11.2. The maximum atomic E-state index is 12.5. The minimum Gasteiger partial charge on any atom is -0.326 e. The topological polar surface area (TPSA) is 64.9 Å². The first kappa shape index (κ1) is 13.6. The number of anilines is 1. The van der Waals surface area contributed by atoms with Crippen molar-refractivity contribution in [2.45, 2.75) is 26.2 Å². The lowest BCUT2D eigenvalue weighted by atomic mass is 9.76. The highest BCUT2D eigenvalue weighted by Crippen LogP contribution is 2.33. The van der Waals surface area contributed by atoms with E-state index in [0.29, 0.717) is 5.56 Å². The summed E-state index contributed by atoms with van der Waals surface area (Å²) >= 11 is 0. The molecule has 4 nitrogen and oxygen atoms in total. The van der Waals surface area contributed by atoms with Gasteiger partial charge >= 0.3 is 0 Å². The maximum Gasteiger partial charge on any atom is 0.230 e. The fourth-order valence-electron chi connectivity index (χ4n) is 2.54. The summed E-state index contributed by atoms with van der Waals surface area (Å²) in [4.78, 5) is 12.5. The van der Waals surface area contributed by atoms with Gasteiger partial charge in [0.25, 0.3) is 0 Å². The summed E-state index contributed by atoms with van der Waals surface area (Å²) in [6.07, 6.45) is 2.62. The van der Waals surface area contributed by atoms with Crippen molar-refractivity contribution in [2.24, 2.45) is 5.41 Å². The lowest BCUT2D eigenvalue weighted by molar-refractivity contribution is -0.127. The minimum atomic E-state index is -0.251. The zero-order chi connectivity index (χ0) is 13.7. The highest BCUT2D eigenvalue weighted by Gasteiger charge is 2.37. The summed E-state index contributed by atoms with van der Waals surface area (Å²) in [5.41, 5.74) is 1.11. The Morgan fingerprint density at radius 3 is 2.53 bits per heavy atom. The van der Waals surface area contributed by atoms with Crippen LogP contribution in [0.15, 0.2) is 24.3 Å². The van der Waals surface area contributed by atoms with Gasteiger partial charge in [0, 0.05) is 5.69 Å². The number of benzene rings is 1. The van der Waals surface area contributed by atoms with E-state index in [1.807, 2.05) is 0 Å². The number of carbonyl (C=O) groups is 1. The Kier molecular flexibility index (Phi) is 4.18. The first-order valence-electron chi connectivity index (χ1n) is 6.72. The molecular formula is C15H19N3O. The van der Waals surface area contributed by atoms with Crippen molar-refractivity contribution in [1.29, 1.82) is 5.26 Å². The Morgan fingerprint density at radius 1 is 1.37 bits per heavy atom. The number of hydrogen-bond donors (Lipinski definition) is 2. The van der Waals surface area contributed by atoms with Gasteiger partial charge in [0.05, 0.1) is 17.0 Å². The second-order valence-corrected chi connectivity index (χ2v) is 5.03. The van der Waals surface area contributed by atoms with Crippen molar-refractivity contribution in [3.05, 3.63) is 29.8 Å². The molecule has 1 amide bonds. The summed E-state index contributed by atoms with van der Waals surface area (Å²) in [7, 11) is 0. The largest absolute Gasteiger partial charge is 0.326 e. The Bertz CT molecular complexity index is 481. The van der Waals surface area contributed by atoms with Gasteiger partial charge in [0.1, 0.15) is 0 Å². The van der Waals surface area contributed by atoms with E-state index in [0.717, 1.165) is 38.0 Å². The molecular weight excluding hydrogens is 238 g/mol. The molecule has 0 saturated carbocycles. The van der Waals surface area contributed by atoms with Crippen LogP contribution in [0.3, 0.4) is 0 Å². The van der Waals surface area contributed by atoms with Crippen LogP contribution in [0.2, 0.25) is 0 Å². The quantitative estimate of drug-likeness (QED) is 0.873. The molecule has 4 heteroatoms. The van der Waals surface area contributed by atoms with E-state index in [4.69, 9.17) is 5.26 Å². The predicted molar refractivity (Wildman–Crippen MR) is 74.6 cm³/mol. The van der Waals surface area contributed by atoms with Gasteiger partial charge in [-0.3, -0.25) is 4.79 Å². The number of hydrogen-bond acceptors (Lipinski definition) is 3. The number of nitrogens with zero attached hydrogens (tertiary/aromatic N) is 1. The normalized spacial score (nSPS) is 17.5. The fraction of sp³-hybridized carbons (Fsp3) is 0.467. The molecule has 1 saturated heterocycles. The molecule has 0 unspecified atom stereocenters. The first-order valence-corrected chi connectivity index (χ1v) is 6.72. The molecule has 0 radical (unpaired) electrons. The minimum absolute atomic E-state index is 0.0983. The SMILES string of the molecule is CCC1(C(=O)Nc2ccc(C#N)cc2)CCNCC1. The van der Waals surface area contributed by atoms with Gasteiger partial charge in [0.2, 0.25) is 5.91 Å². The van der Waals surface area contributed by atoms with E-state index >= 15 is 0 Å². The Balaban J connectivity index is 2.08. The number of nitriles is 1. The van der Waals surface area contributed by atoms with Crippen molar-refractivity contribution in [3.63, 3.8) is 0 Å². The van der Waals surface area contributed by atoms with E-state index in [1.165, 1.54) is 0 Å². The van der Waals surface area contributed by atoms with Crippen LogP contribution >= 0.6 is 0 Å². The molecule has 1 heterocycles. The second-order valence-electron chi connectivity index (χ2n) is 5.03. The van der Waals surface area contributed by atoms with Crippen molar-refractivity contribution in [3.8, 4) is 6.07 Å². The fourth-order valence-corrected chi connectivity index (χ4v) is 2.54. The molecule has 0 aliphatic carbocycles. The van der Waals surface area contributed by atoms with Gasteiger partial charge in [-0.05, 0) is 56.6 Å². The third kappa shape index (κ3) is 2.94. The molecule has 100 valence electrons. The third-order valence-corrected chi connectivity index (χ3v) is 3.99. The van der Waals surface area contributed by atoms with Crippen LogP contribution in [0.5, 0.6) is 0 Å². The summed E-state index contributed by atoms with van der Waals surface area (Å²) < 4.78 is 0. The summed E-state index contributed by atoms with van der Waals surface area (Å²) in [6, 6.07) is 9.06. The smallest absolute Gasteiger partial charge is 0.230 e. The Morgan fingerprint density at radius 2 is 2.00 bits per heavy atom. The highest BCUT2D eigenvalue weighted by molar-refractivity contribution is 5.95. The number of amides is 1. The molecule has 19 heavy (non-hydrogen) atoms. The Hall–Kier alpha value is -1.86. The molecule has 1 aliphatic rings. The van der Waals surface area contributed by atoms with Crippen LogP contribution in [0.1, 0.15) is 31.7 Å². The summed E-state index contributed by atoms with van der Waals surface area (Å²) in [6.45, 7) is 3.87. The van der Waals surface area contributed by atoms with E-state index in [9.17, 15) is 4.79 Å². The zero-order valence-corrected chi connectivity index (χ0v) is 11.2. The van der Waals surface area contributed by atoms with E-state index in [2.05, 4.69) is 23.6 Å². The standard InChI is InChI=1S/C15H19N3O/c1-2-15(7-9-17-10-8-15)14(19)18-13-5-3-12(11-16)4-6-13/h3-6,17H,2,7-10H2,1H3,(H,18,19). The molecule has 2 N–H and O–H groups in total. The average Bonchev–Trinajstić information content (AvgIpc) is 2.48. The van der Waals surface area contributed by atoms with Crippen LogP contribution in [-0.2, 0) is 4.79 Å². The Labute approximate surface area is 113 Å². The van der Waals surface area contributed by atoms with Crippen LogP contribution in [-0.4, -0.2) is 19.0 Å².